The molecule has 2 aliphatic rings. The number of benzene rings is 4. The number of carbonyl (C=O) groups is 1. The van der Waals surface area contributed by atoms with E-state index in [1.54, 1.807) is 12.1 Å². The van der Waals surface area contributed by atoms with Gasteiger partial charge in [0.1, 0.15) is 0 Å². The van der Waals surface area contributed by atoms with Gasteiger partial charge in [-0.2, -0.15) is 0 Å². The van der Waals surface area contributed by atoms with Gasteiger partial charge in [-0.1, -0.05) is 66.2 Å². The Balaban J connectivity index is 1.31. The van der Waals surface area contributed by atoms with Crippen LogP contribution in [0.3, 0.4) is 0 Å². The lowest BCUT2D eigenvalue weighted by Crippen LogP contribution is -2.51. The van der Waals surface area contributed by atoms with Crippen LogP contribution in [0.2, 0.25) is 5.02 Å². The third-order valence-corrected chi connectivity index (χ3v) is 9.07. The molecule has 1 N–H and O–H groups in total. The van der Waals surface area contributed by atoms with E-state index in [0.29, 0.717) is 36.8 Å². The number of nitrogens with zero attached hydrogens (tertiary/aromatic N) is 2. The minimum Gasteiger partial charge on any atom is -0.336 e. The monoisotopic (exact) mass is 531 g/mol. The van der Waals surface area contributed by atoms with E-state index in [-0.39, 0.29) is 16.8 Å². The maximum atomic E-state index is 13.5. The number of rotatable bonds is 5. The Morgan fingerprint density at radius 2 is 1.43 bits per heavy atom. The highest BCUT2D eigenvalue weighted by Gasteiger charge is 2.41. The normalized spacial score (nSPS) is 19.9. The zero-order valence-corrected chi connectivity index (χ0v) is 21.6. The first-order valence-corrected chi connectivity index (χ1v) is 14.2. The van der Waals surface area contributed by atoms with Crippen LogP contribution in [-0.4, -0.2) is 50.3 Å². The van der Waals surface area contributed by atoms with Crippen LogP contribution in [0.5, 0.6) is 0 Å². The van der Waals surface area contributed by atoms with Crippen molar-refractivity contribution in [1.29, 1.82) is 0 Å². The smallest absolute Gasteiger partial charge is 0.253 e. The second-order valence-electron chi connectivity index (χ2n) is 9.48. The summed E-state index contributed by atoms with van der Waals surface area (Å²) in [5.74, 6) is 0.0250. The molecule has 6 nitrogen and oxygen atoms in total. The van der Waals surface area contributed by atoms with E-state index in [2.05, 4.69) is 27.8 Å². The number of amides is 1. The van der Waals surface area contributed by atoms with Crippen molar-refractivity contribution in [1.82, 2.24) is 14.5 Å². The van der Waals surface area contributed by atoms with Crippen LogP contribution in [0, 0.1) is 0 Å². The first kappa shape index (κ1) is 24.1. The molecule has 2 atom stereocenters. The Bertz CT molecular complexity index is 1560. The molecule has 1 aliphatic carbocycles. The van der Waals surface area contributed by atoms with Gasteiger partial charge in [-0.15, -0.1) is 0 Å². The third-order valence-electron chi connectivity index (χ3n) is 7.36. The zero-order chi connectivity index (χ0) is 25.6. The van der Waals surface area contributed by atoms with Crippen LogP contribution in [-0.2, 0) is 10.0 Å². The van der Waals surface area contributed by atoms with Gasteiger partial charge >= 0.3 is 0 Å². The predicted octanol–water partition coefficient (Wildman–Crippen LogP) is 5.03. The summed E-state index contributed by atoms with van der Waals surface area (Å²) in [4.78, 5) is 17.4. The molecule has 0 saturated carbocycles. The maximum Gasteiger partial charge on any atom is 0.253 e. The minimum absolute atomic E-state index is 0.0250. The molecule has 6 rings (SSSR count). The summed E-state index contributed by atoms with van der Waals surface area (Å²) in [6.45, 7) is 2.44. The van der Waals surface area contributed by atoms with Crippen LogP contribution in [0.1, 0.15) is 33.6 Å². The number of nitrogens with one attached hydrogen (secondary N) is 1. The van der Waals surface area contributed by atoms with Gasteiger partial charge < -0.3 is 4.90 Å². The van der Waals surface area contributed by atoms with Crippen LogP contribution in [0.15, 0.2) is 95.9 Å². The molecular weight excluding hydrogens is 506 g/mol. The van der Waals surface area contributed by atoms with Crippen LogP contribution in [0.25, 0.3) is 10.8 Å². The summed E-state index contributed by atoms with van der Waals surface area (Å²) in [5.41, 5.74) is 2.76. The van der Waals surface area contributed by atoms with Gasteiger partial charge in [-0.05, 0) is 58.3 Å². The van der Waals surface area contributed by atoms with E-state index in [0.717, 1.165) is 21.9 Å². The summed E-state index contributed by atoms with van der Waals surface area (Å²) < 4.78 is 30.0. The number of hydrogen-bond donors (Lipinski definition) is 1. The fraction of sp³-hybridized carbons (Fsp3) is 0.207. The van der Waals surface area contributed by atoms with Crippen molar-refractivity contribution in [3.05, 3.63) is 113 Å². The Labute approximate surface area is 221 Å². The molecule has 0 unspecified atom stereocenters. The lowest BCUT2D eigenvalue weighted by Gasteiger charge is -2.40. The fourth-order valence-corrected chi connectivity index (χ4v) is 6.95. The fourth-order valence-electron chi connectivity index (χ4n) is 5.61. The summed E-state index contributed by atoms with van der Waals surface area (Å²) in [6, 6.07) is 27.1. The standard InChI is InChI=1S/C29H26ClN3O3S/c30-22-12-14-23(15-13-22)37(35,36)31-27-24-10-4-8-20-9-5-11-25(26(20)24)28(27)32-16-18-33(19-17-32)29(34)21-6-2-1-3-7-21/h1-15,27-28,31H,16-19H2/t27-,28+/m1/s1. The van der Waals surface area contributed by atoms with Gasteiger partial charge in [0.05, 0.1) is 17.0 Å². The van der Waals surface area contributed by atoms with E-state index in [1.807, 2.05) is 53.4 Å². The Morgan fingerprint density at radius 1 is 0.784 bits per heavy atom. The number of piperazine rings is 1. The molecule has 4 aromatic carbocycles. The van der Waals surface area contributed by atoms with E-state index in [4.69, 9.17) is 11.6 Å². The summed E-state index contributed by atoms with van der Waals surface area (Å²) in [6.07, 6.45) is 0. The first-order valence-electron chi connectivity index (χ1n) is 12.3. The second kappa shape index (κ2) is 9.58. The molecule has 8 heteroatoms. The molecular formula is C29H26ClN3O3S. The average Bonchev–Trinajstić information content (AvgIpc) is 3.23. The Kier molecular flexibility index (Phi) is 6.24. The molecule has 1 amide bonds. The van der Waals surface area contributed by atoms with Crippen molar-refractivity contribution in [3.63, 3.8) is 0 Å². The highest BCUT2D eigenvalue weighted by molar-refractivity contribution is 7.89. The van der Waals surface area contributed by atoms with E-state index in [1.165, 1.54) is 12.1 Å². The lowest BCUT2D eigenvalue weighted by atomic mass is 10.0. The Hall–Kier alpha value is -3.23. The summed E-state index contributed by atoms with van der Waals surface area (Å²) in [5, 5.41) is 2.67. The molecule has 188 valence electrons. The molecule has 0 spiro atoms. The van der Waals surface area contributed by atoms with Crippen LogP contribution < -0.4 is 4.72 Å². The maximum absolute atomic E-state index is 13.5. The Morgan fingerprint density at radius 3 is 2.11 bits per heavy atom. The quantitative estimate of drug-likeness (QED) is 0.392. The van der Waals surface area contributed by atoms with Crippen molar-refractivity contribution in [2.45, 2.75) is 17.0 Å². The average molecular weight is 532 g/mol. The lowest BCUT2D eigenvalue weighted by molar-refractivity contribution is 0.0539. The van der Waals surface area contributed by atoms with Gasteiger partial charge in [-0.25, -0.2) is 13.1 Å². The van der Waals surface area contributed by atoms with Gasteiger partial charge in [0.2, 0.25) is 10.0 Å². The van der Waals surface area contributed by atoms with Crippen LogP contribution >= 0.6 is 11.6 Å². The zero-order valence-electron chi connectivity index (χ0n) is 20.0. The van der Waals surface area contributed by atoms with Crippen LogP contribution in [0.4, 0.5) is 0 Å². The molecule has 1 heterocycles. The highest BCUT2D eigenvalue weighted by atomic mass is 35.5. The predicted molar refractivity (Wildman–Crippen MR) is 145 cm³/mol. The first-order chi connectivity index (χ1) is 17.9. The highest BCUT2D eigenvalue weighted by Crippen LogP contribution is 2.47. The third kappa shape index (κ3) is 4.42. The molecule has 1 aliphatic heterocycles. The van der Waals surface area contributed by atoms with Crippen molar-refractivity contribution >= 4 is 38.3 Å². The van der Waals surface area contributed by atoms with Crippen molar-refractivity contribution in [2.24, 2.45) is 0 Å². The largest absolute Gasteiger partial charge is 0.336 e. The minimum atomic E-state index is -3.81. The van der Waals surface area contributed by atoms with Crippen molar-refractivity contribution in [3.8, 4) is 0 Å². The summed E-state index contributed by atoms with van der Waals surface area (Å²) in [7, 11) is -3.81. The molecule has 1 fully saturated rings. The molecule has 0 radical (unpaired) electrons. The van der Waals surface area contributed by atoms with Gasteiger partial charge in [0, 0.05) is 36.8 Å². The molecule has 37 heavy (non-hydrogen) atoms. The van der Waals surface area contributed by atoms with Gasteiger partial charge in [0.25, 0.3) is 5.91 Å². The summed E-state index contributed by atoms with van der Waals surface area (Å²) >= 11 is 5.99. The number of hydrogen-bond acceptors (Lipinski definition) is 4. The number of halogens is 1. The van der Waals surface area contributed by atoms with E-state index < -0.39 is 16.1 Å². The van der Waals surface area contributed by atoms with Gasteiger partial charge in [0.15, 0.2) is 0 Å². The molecule has 0 bridgehead atoms. The van der Waals surface area contributed by atoms with Crippen molar-refractivity contribution in [2.75, 3.05) is 26.2 Å². The van der Waals surface area contributed by atoms with E-state index in [9.17, 15) is 13.2 Å². The topological polar surface area (TPSA) is 69.7 Å². The molecule has 4 aromatic rings. The molecule has 1 saturated heterocycles. The number of carbonyl (C=O) groups excluding carboxylic acids is 1. The van der Waals surface area contributed by atoms with Crippen molar-refractivity contribution < 1.29 is 13.2 Å². The molecule has 0 aromatic heterocycles. The number of sulfonamides is 1. The van der Waals surface area contributed by atoms with E-state index >= 15 is 0 Å². The van der Waals surface area contributed by atoms with Gasteiger partial charge in [-0.3, -0.25) is 9.69 Å². The SMILES string of the molecule is O=C(c1ccccc1)N1CCN([C@H]2c3cccc4cccc(c34)[C@H]2NS(=O)(=O)c2ccc(Cl)cc2)CC1. The second-order valence-corrected chi connectivity index (χ2v) is 11.6.